The van der Waals surface area contributed by atoms with Crippen LogP contribution in [0.3, 0.4) is 0 Å². The van der Waals surface area contributed by atoms with Gasteiger partial charge < -0.3 is 4.74 Å². The van der Waals surface area contributed by atoms with Gasteiger partial charge in [0.05, 0.1) is 24.7 Å². The molecule has 0 N–H and O–H groups in total. The molecule has 1 saturated heterocycles. The summed E-state index contributed by atoms with van der Waals surface area (Å²) in [6, 6.07) is 6.29. The third-order valence-corrected chi connectivity index (χ3v) is 3.53. The van der Waals surface area contributed by atoms with Gasteiger partial charge in [0.15, 0.2) is 0 Å². The Bertz CT molecular complexity index is 539. The minimum Gasteiger partial charge on any atom is -0.469 e. The molecule has 1 unspecified atom stereocenters. The van der Waals surface area contributed by atoms with Crippen LogP contribution in [0.4, 0.5) is 4.39 Å². The Balaban J connectivity index is 2.04. The largest absolute Gasteiger partial charge is 0.469 e. The lowest BCUT2D eigenvalue weighted by Gasteiger charge is -2.31. The van der Waals surface area contributed by atoms with E-state index < -0.39 is 5.82 Å². The fraction of sp³-hybridized carbons (Fsp3) is 0.467. The number of benzene rings is 1. The molecule has 20 heavy (non-hydrogen) atoms. The number of carbonyl (C=O) groups excluding carboxylic acids is 1. The number of nitriles is 1. The molecule has 0 radical (unpaired) electrons. The smallest absolute Gasteiger partial charge is 0.309 e. The van der Waals surface area contributed by atoms with Crippen LogP contribution in [0.1, 0.15) is 24.0 Å². The molecule has 4 nitrogen and oxygen atoms in total. The van der Waals surface area contributed by atoms with Gasteiger partial charge in [-0.25, -0.2) is 4.39 Å². The first-order chi connectivity index (χ1) is 9.62. The maximum absolute atomic E-state index is 13.4. The second kappa shape index (κ2) is 6.49. The third-order valence-electron chi connectivity index (χ3n) is 3.53. The molecule has 0 bridgehead atoms. The number of nitrogens with zero attached hydrogens (tertiary/aromatic N) is 2. The lowest BCUT2D eigenvalue weighted by Crippen LogP contribution is -2.38. The number of hydrogen-bond acceptors (Lipinski definition) is 4. The molecule has 1 aliphatic heterocycles. The highest BCUT2D eigenvalue weighted by atomic mass is 19.1. The summed E-state index contributed by atoms with van der Waals surface area (Å²) in [5.41, 5.74) is 1.08. The number of halogens is 1. The molecule has 0 amide bonds. The van der Waals surface area contributed by atoms with Crippen LogP contribution in [0, 0.1) is 23.1 Å². The van der Waals surface area contributed by atoms with Gasteiger partial charge in [-0.2, -0.15) is 5.26 Å². The summed E-state index contributed by atoms with van der Waals surface area (Å²) in [6.45, 7) is 2.02. The minimum absolute atomic E-state index is 0.113. The molecule has 1 aliphatic rings. The molecule has 0 saturated carbocycles. The van der Waals surface area contributed by atoms with Gasteiger partial charge in [-0.1, -0.05) is 0 Å². The van der Waals surface area contributed by atoms with E-state index in [1.54, 1.807) is 6.07 Å². The van der Waals surface area contributed by atoms with Crippen molar-refractivity contribution in [1.29, 1.82) is 5.26 Å². The summed E-state index contributed by atoms with van der Waals surface area (Å²) in [4.78, 5) is 13.7. The number of rotatable bonds is 3. The summed E-state index contributed by atoms with van der Waals surface area (Å²) in [5.74, 6) is -0.704. The third kappa shape index (κ3) is 3.55. The molecule has 1 aromatic carbocycles. The van der Waals surface area contributed by atoms with Crippen LogP contribution in [0.25, 0.3) is 0 Å². The Morgan fingerprint density at radius 3 is 3.05 bits per heavy atom. The van der Waals surface area contributed by atoms with Crippen LogP contribution in [-0.2, 0) is 16.1 Å². The minimum atomic E-state index is -0.402. The summed E-state index contributed by atoms with van der Waals surface area (Å²) in [7, 11) is 1.40. The molecular formula is C15H17FN2O2. The van der Waals surface area contributed by atoms with Crippen molar-refractivity contribution < 1.29 is 13.9 Å². The van der Waals surface area contributed by atoms with E-state index in [1.807, 2.05) is 6.07 Å². The molecule has 0 aliphatic carbocycles. The van der Waals surface area contributed by atoms with Crippen molar-refractivity contribution in [2.75, 3.05) is 20.2 Å². The van der Waals surface area contributed by atoms with Crippen LogP contribution >= 0.6 is 0 Å². The van der Waals surface area contributed by atoms with E-state index in [0.717, 1.165) is 24.9 Å². The summed E-state index contributed by atoms with van der Waals surface area (Å²) in [6.07, 6.45) is 1.75. The zero-order valence-electron chi connectivity index (χ0n) is 11.4. The number of likely N-dealkylation sites (tertiary alicyclic amines) is 1. The Morgan fingerprint density at radius 1 is 1.55 bits per heavy atom. The van der Waals surface area contributed by atoms with E-state index >= 15 is 0 Å². The van der Waals surface area contributed by atoms with Crippen LogP contribution in [-0.4, -0.2) is 31.1 Å². The summed E-state index contributed by atoms with van der Waals surface area (Å²) < 4.78 is 18.2. The predicted octanol–water partition coefficient (Wildman–Crippen LogP) is 2.08. The van der Waals surface area contributed by atoms with Crippen LogP contribution < -0.4 is 0 Å². The van der Waals surface area contributed by atoms with Gasteiger partial charge in [-0.05, 0) is 43.1 Å². The van der Waals surface area contributed by atoms with E-state index in [9.17, 15) is 9.18 Å². The molecule has 2 rings (SSSR count). The molecule has 1 fully saturated rings. The topological polar surface area (TPSA) is 53.3 Å². The molecule has 1 aromatic rings. The zero-order chi connectivity index (χ0) is 14.5. The standard InChI is InChI=1S/C15H17FN2O2/c1-20-15(19)13-3-2-4-18(10-13)9-12-5-11(8-17)6-14(16)7-12/h5-7,13H,2-4,9-10H2,1H3. The van der Waals surface area contributed by atoms with Gasteiger partial charge in [0, 0.05) is 13.1 Å². The SMILES string of the molecule is COC(=O)C1CCCN(Cc2cc(F)cc(C#N)c2)C1. The first-order valence-electron chi connectivity index (χ1n) is 6.62. The second-order valence-corrected chi connectivity index (χ2v) is 5.06. The number of methoxy groups -OCH3 is 1. The van der Waals surface area contributed by atoms with Gasteiger partial charge >= 0.3 is 5.97 Å². The van der Waals surface area contributed by atoms with Crippen molar-refractivity contribution in [1.82, 2.24) is 4.90 Å². The van der Waals surface area contributed by atoms with E-state index in [-0.39, 0.29) is 11.9 Å². The Kier molecular flexibility index (Phi) is 4.70. The lowest BCUT2D eigenvalue weighted by atomic mass is 9.97. The van der Waals surface area contributed by atoms with Gasteiger partial charge in [-0.3, -0.25) is 9.69 Å². The van der Waals surface area contributed by atoms with E-state index in [2.05, 4.69) is 4.90 Å². The maximum atomic E-state index is 13.4. The van der Waals surface area contributed by atoms with Crippen molar-refractivity contribution >= 4 is 5.97 Å². The van der Waals surface area contributed by atoms with Crippen molar-refractivity contribution in [3.63, 3.8) is 0 Å². The fourth-order valence-corrected chi connectivity index (χ4v) is 2.62. The number of piperidine rings is 1. The molecular weight excluding hydrogens is 259 g/mol. The van der Waals surface area contributed by atoms with Gasteiger partial charge in [0.1, 0.15) is 5.82 Å². The van der Waals surface area contributed by atoms with Crippen LogP contribution in [0.5, 0.6) is 0 Å². The fourth-order valence-electron chi connectivity index (χ4n) is 2.62. The number of hydrogen-bond donors (Lipinski definition) is 0. The Morgan fingerprint density at radius 2 is 2.35 bits per heavy atom. The van der Waals surface area contributed by atoms with Crippen molar-refractivity contribution in [3.05, 3.63) is 35.1 Å². The zero-order valence-corrected chi connectivity index (χ0v) is 11.4. The quantitative estimate of drug-likeness (QED) is 0.793. The number of ether oxygens (including phenoxy) is 1. The molecule has 5 heteroatoms. The first-order valence-corrected chi connectivity index (χ1v) is 6.62. The monoisotopic (exact) mass is 276 g/mol. The molecule has 0 aromatic heterocycles. The number of carbonyl (C=O) groups is 1. The highest BCUT2D eigenvalue weighted by Gasteiger charge is 2.26. The second-order valence-electron chi connectivity index (χ2n) is 5.06. The lowest BCUT2D eigenvalue weighted by molar-refractivity contribution is -0.147. The van der Waals surface area contributed by atoms with Gasteiger partial charge in [0.2, 0.25) is 0 Å². The summed E-state index contributed by atoms with van der Waals surface area (Å²) in [5, 5.41) is 8.85. The van der Waals surface area contributed by atoms with Crippen molar-refractivity contribution in [2.45, 2.75) is 19.4 Å². The first kappa shape index (κ1) is 14.5. The van der Waals surface area contributed by atoms with E-state index in [4.69, 9.17) is 10.00 Å². The van der Waals surface area contributed by atoms with Crippen LogP contribution in [0.2, 0.25) is 0 Å². The normalized spacial score (nSPS) is 19.4. The van der Waals surface area contributed by atoms with E-state index in [1.165, 1.54) is 19.2 Å². The van der Waals surface area contributed by atoms with Gasteiger partial charge in [0.25, 0.3) is 0 Å². The Hall–Kier alpha value is -1.93. The molecule has 1 atom stereocenters. The highest BCUT2D eigenvalue weighted by Crippen LogP contribution is 2.20. The predicted molar refractivity (Wildman–Crippen MR) is 71.1 cm³/mol. The van der Waals surface area contributed by atoms with Crippen molar-refractivity contribution in [3.8, 4) is 6.07 Å². The summed E-state index contributed by atoms with van der Waals surface area (Å²) >= 11 is 0. The average molecular weight is 276 g/mol. The molecule has 0 spiro atoms. The van der Waals surface area contributed by atoms with Crippen LogP contribution in [0.15, 0.2) is 18.2 Å². The van der Waals surface area contributed by atoms with E-state index in [0.29, 0.717) is 18.7 Å². The molecule has 106 valence electrons. The maximum Gasteiger partial charge on any atom is 0.309 e. The Labute approximate surface area is 117 Å². The van der Waals surface area contributed by atoms with Gasteiger partial charge in [-0.15, -0.1) is 0 Å². The average Bonchev–Trinajstić information content (AvgIpc) is 2.46. The molecule has 1 heterocycles. The van der Waals surface area contributed by atoms with Crippen molar-refractivity contribution in [2.24, 2.45) is 5.92 Å². The number of esters is 1. The highest BCUT2D eigenvalue weighted by molar-refractivity contribution is 5.72.